The van der Waals surface area contributed by atoms with Crippen molar-refractivity contribution in [2.45, 2.75) is 31.2 Å². The predicted octanol–water partition coefficient (Wildman–Crippen LogP) is 4.65. The van der Waals surface area contributed by atoms with Gasteiger partial charge >= 0.3 is 0 Å². The molecule has 0 aliphatic heterocycles. The first kappa shape index (κ1) is 17.8. The molecule has 0 N–H and O–H groups in total. The molecule has 27 heavy (non-hydrogen) atoms. The molecule has 0 fully saturated rings. The van der Waals surface area contributed by atoms with Crippen molar-refractivity contribution < 1.29 is 0 Å². The summed E-state index contributed by atoms with van der Waals surface area (Å²) in [5, 5.41) is 20.3. The molecule has 0 spiro atoms. The molecule has 0 radical (unpaired) electrons. The molecule has 0 bridgehead atoms. The molecule has 1 atom stereocenters. The van der Waals surface area contributed by atoms with Gasteiger partial charge in [0, 0.05) is 23.6 Å². The molecule has 136 valence electrons. The van der Waals surface area contributed by atoms with Gasteiger partial charge in [-0.25, -0.2) is 0 Å². The number of rotatable bonds is 5. The van der Waals surface area contributed by atoms with E-state index in [0.717, 1.165) is 32.2 Å². The van der Waals surface area contributed by atoms with Gasteiger partial charge in [0.2, 0.25) is 0 Å². The first-order valence-corrected chi connectivity index (χ1v) is 10.2. The zero-order chi connectivity index (χ0) is 18.8. The van der Waals surface area contributed by atoms with Crippen LogP contribution >= 0.6 is 23.1 Å². The van der Waals surface area contributed by atoms with Gasteiger partial charge in [0.05, 0.1) is 5.25 Å². The van der Waals surface area contributed by atoms with Crippen molar-refractivity contribution in [1.29, 1.82) is 0 Å². The van der Waals surface area contributed by atoms with Gasteiger partial charge in [-0.3, -0.25) is 9.55 Å². The molecule has 4 aromatic rings. The van der Waals surface area contributed by atoms with E-state index >= 15 is 0 Å². The third-order valence-corrected chi connectivity index (χ3v) is 6.26. The number of benzene rings is 1. The molecule has 3 aromatic heterocycles. The van der Waals surface area contributed by atoms with E-state index in [1.807, 2.05) is 19.1 Å². The van der Waals surface area contributed by atoms with Crippen LogP contribution in [0, 0.1) is 13.8 Å². The summed E-state index contributed by atoms with van der Waals surface area (Å²) in [6, 6.07) is 12.3. The van der Waals surface area contributed by atoms with Crippen molar-refractivity contribution in [1.82, 2.24) is 29.9 Å². The van der Waals surface area contributed by atoms with Crippen molar-refractivity contribution in [3.05, 3.63) is 64.4 Å². The lowest BCUT2D eigenvalue weighted by atomic mass is 10.2. The molecule has 0 aliphatic carbocycles. The summed E-state index contributed by atoms with van der Waals surface area (Å²) in [6.07, 6.45) is 3.53. The number of aromatic nitrogens is 6. The fourth-order valence-corrected chi connectivity index (χ4v) is 4.42. The molecular weight excluding hydrogens is 376 g/mol. The average molecular weight is 395 g/mol. The van der Waals surface area contributed by atoms with Crippen molar-refractivity contribution in [3.8, 4) is 17.1 Å². The molecule has 0 aliphatic rings. The van der Waals surface area contributed by atoms with Crippen molar-refractivity contribution in [2.24, 2.45) is 0 Å². The number of nitrogens with zero attached hydrogens (tertiary/aromatic N) is 6. The van der Waals surface area contributed by atoms with Crippen molar-refractivity contribution in [2.75, 3.05) is 0 Å². The van der Waals surface area contributed by atoms with Gasteiger partial charge in [-0.1, -0.05) is 29.5 Å². The highest BCUT2D eigenvalue weighted by molar-refractivity contribution is 7.99. The summed E-state index contributed by atoms with van der Waals surface area (Å²) in [7, 11) is 0. The highest BCUT2D eigenvalue weighted by atomic mass is 32.2. The van der Waals surface area contributed by atoms with Crippen LogP contribution in [0.15, 0.2) is 53.9 Å². The van der Waals surface area contributed by atoms with Crippen molar-refractivity contribution in [3.63, 3.8) is 0 Å². The summed E-state index contributed by atoms with van der Waals surface area (Å²) >= 11 is 3.25. The molecule has 8 heteroatoms. The van der Waals surface area contributed by atoms with E-state index in [1.54, 1.807) is 35.5 Å². The number of hydrogen-bond donors (Lipinski definition) is 0. The molecule has 1 aromatic carbocycles. The van der Waals surface area contributed by atoms with Gasteiger partial charge in [0.25, 0.3) is 0 Å². The standard InChI is InChI=1S/C19H18N6S2/c1-12-4-6-16(7-5-12)25-17(15-8-10-20-11-9-15)22-24-19(25)26-13(2)18-23-21-14(3)27-18/h4-11,13H,1-3H3/t13-/m1/s1. The molecule has 3 heterocycles. The lowest BCUT2D eigenvalue weighted by Crippen LogP contribution is -2.01. The van der Waals surface area contributed by atoms with Crippen LogP contribution < -0.4 is 0 Å². The van der Waals surface area contributed by atoms with Crippen LogP contribution in [0.3, 0.4) is 0 Å². The van der Waals surface area contributed by atoms with Gasteiger partial charge < -0.3 is 0 Å². The topological polar surface area (TPSA) is 69.4 Å². The van der Waals surface area contributed by atoms with Gasteiger partial charge in [0.15, 0.2) is 11.0 Å². The summed E-state index contributed by atoms with van der Waals surface area (Å²) in [6.45, 7) is 6.16. The maximum absolute atomic E-state index is 4.48. The third kappa shape index (κ3) is 3.77. The van der Waals surface area contributed by atoms with Gasteiger partial charge in [-0.2, -0.15) is 0 Å². The third-order valence-electron chi connectivity index (χ3n) is 4.04. The van der Waals surface area contributed by atoms with Crippen LogP contribution in [-0.4, -0.2) is 29.9 Å². The van der Waals surface area contributed by atoms with Gasteiger partial charge in [-0.05, 0) is 45.0 Å². The second kappa shape index (κ2) is 7.58. The van der Waals surface area contributed by atoms with Crippen molar-refractivity contribution >= 4 is 23.1 Å². The Morgan fingerprint density at radius 2 is 1.67 bits per heavy atom. The summed E-state index contributed by atoms with van der Waals surface area (Å²) in [5.41, 5.74) is 3.22. The lowest BCUT2D eigenvalue weighted by Gasteiger charge is -2.12. The SMILES string of the molecule is Cc1ccc(-n2c(S[C@H](C)c3nnc(C)s3)nnc2-c2ccncc2)cc1. The van der Waals surface area contributed by atoms with Crippen LogP contribution in [-0.2, 0) is 0 Å². The fourth-order valence-electron chi connectivity index (χ4n) is 2.65. The Morgan fingerprint density at radius 1 is 0.926 bits per heavy atom. The second-order valence-corrected chi connectivity index (χ2v) is 8.65. The van der Waals surface area contributed by atoms with E-state index < -0.39 is 0 Å². The molecule has 4 rings (SSSR count). The predicted molar refractivity (Wildman–Crippen MR) is 108 cm³/mol. The van der Waals surface area contributed by atoms with E-state index in [9.17, 15) is 0 Å². The Morgan fingerprint density at radius 3 is 2.33 bits per heavy atom. The molecule has 0 saturated heterocycles. The van der Waals surface area contributed by atoms with E-state index in [2.05, 4.69) is 68.1 Å². The minimum atomic E-state index is 0.134. The molecule has 0 amide bonds. The fraction of sp³-hybridized carbons (Fsp3) is 0.211. The minimum Gasteiger partial charge on any atom is -0.270 e. The smallest absolute Gasteiger partial charge is 0.196 e. The number of thioether (sulfide) groups is 1. The Kier molecular flexibility index (Phi) is 5.00. The second-order valence-electron chi connectivity index (χ2n) is 6.13. The molecule has 6 nitrogen and oxygen atoms in total. The van der Waals surface area contributed by atoms with Crippen LogP contribution in [0.1, 0.15) is 27.8 Å². The van der Waals surface area contributed by atoms with E-state index in [4.69, 9.17) is 0 Å². The van der Waals surface area contributed by atoms with Gasteiger partial charge in [-0.15, -0.1) is 31.7 Å². The van der Waals surface area contributed by atoms with Crippen LogP contribution in [0.25, 0.3) is 17.1 Å². The van der Waals surface area contributed by atoms with Crippen LogP contribution in [0.4, 0.5) is 0 Å². The quantitative estimate of drug-likeness (QED) is 0.459. The Labute approximate surface area is 165 Å². The highest BCUT2D eigenvalue weighted by Crippen LogP contribution is 2.37. The Bertz CT molecular complexity index is 1040. The lowest BCUT2D eigenvalue weighted by molar-refractivity contribution is 0.872. The normalized spacial score (nSPS) is 12.3. The Balaban J connectivity index is 1.77. The number of hydrogen-bond acceptors (Lipinski definition) is 7. The van der Waals surface area contributed by atoms with Gasteiger partial charge in [0.1, 0.15) is 10.0 Å². The van der Waals surface area contributed by atoms with E-state index in [1.165, 1.54) is 5.56 Å². The van der Waals surface area contributed by atoms with E-state index in [-0.39, 0.29) is 5.25 Å². The maximum atomic E-state index is 4.48. The number of aryl methyl sites for hydroxylation is 2. The molecule has 0 unspecified atom stereocenters. The number of pyridine rings is 1. The molecule has 0 saturated carbocycles. The monoisotopic (exact) mass is 394 g/mol. The summed E-state index contributed by atoms with van der Waals surface area (Å²) in [4.78, 5) is 4.11. The first-order valence-electron chi connectivity index (χ1n) is 8.51. The first-order chi connectivity index (χ1) is 13.1. The largest absolute Gasteiger partial charge is 0.270 e. The zero-order valence-corrected chi connectivity index (χ0v) is 16.8. The van der Waals surface area contributed by atoms with E-state index in [0.29, 0.717) is 0 Å². The van der Waals surface area contributed by atoms with Crippen LogP contribution in [0.2, 0.25) is 0 Å². The Hall–Kier alpha value is -2.58. The zero-order valence-electron chi connectivity index (χ0n) is 15.2. The summed E-state index contributed by atoms with van der Waals surface area (Å²) < 4.78 is 2.09. The maximum Gasteiger partial charge on any atom is 0.196 e. The highest BCUT2D eigenvalue weighted by Gasteiger charge is 2.20. The van der Waals surface area contributed by atoms with Crippen LogP contribution in [0.5, 0.6) is 0 Å². The minimum absolute atomic E-state index is 0.134. The molecular formula is C19H18N6S2. The average Bonchev–Trinajstić information content (AvgIpc) is 3.30. The summed E-state index contributed by atoms with van der Waals surface area (Å²) in [5.74, 6) is 0.796.